The number of ether oxygens (including phenoxy) is 5. The van der Waals surface area contributed by atoms with E-state index in [2.05, 4.69) is 35.2 Å². The number of carboxylic acid groups (broad SMARTS) is 2. The van der Waals surface area contributed by atoms with Gasteiger partial charge in [0.1, 0.15) is 12.6 Å². The summed E-state index contributed by atoms with van der Waals surface area (Å²) in [6.45, 7) is 15.2. The van der Waals surface area contributed by atoms with Crippen LogP contribution in [0.25, 0.3) is 12.3 Å². The molecule has 3 aromatic rings. The van der Waals surface area contributed by atoms with Gasteiger partial charge < -0.3 is 54.6 Å². The second kappa shape index (κ2) is 21.1. The fourth-order valence-corrected chi connectivity index (χ4v) is 5.82. The second-order valence-corrected chi connectivity index (χ2v) is 13.9. The standard InChI is InChI=1S/C42H54N6O10/c1-23-9-10-44-34-20-39(58-29(7)41(51)48-36(42(52)53)21-40(49)50)38(57-16-15-56-14-13-55-12-11-54-8)19-35(34)45-22-37-28(6)27(5)33(47-37)18-32-26(4)25(3)31(46-32)17-30(43)24(23)2/h9-10,18-20,22,29,36,43,46-47H,11-17,21H2,1-8H3,(H,48,51)(H,49,50)(H,52,53). The summed E-state index contributed by atoms with van der Waals surface area (Å²) in [6.07, 6.45) is 5.48. The van der Waals surface area contributed by atoms with E-state index in [9.17, 15) is 19.5 Å². The van der Waals surface area contributed by atoms with Crippen molar-refractivity contribution >= 4 is 35.8 Å². The van der Waals surface area contributed by atoms with Gasteiger partial charge in [-0.15, -0.1) is 0 Å². The van der Waals surface area contributed by atoms with Crippen LogP contribution in [0.3, 0.4) is 0 Å². The first-order valence-corrected chi connectivity index (χ1v) is 18.9. The number of carbonyl (C=O) groups is 3. The number of aliphatic carboxylic acids is 2. The molecule has 2 atom stereocenters. The average molecular weight is 803 g/mol. The maximum absolute atomic E-state index is 13.1. The highest BCUT2D eigenvalue weighted by molar-refractivity contribution is 5.99. The van der Waals surface area contributed by atoms with Crippen LogP contribution in [-0.2, 0) is 35.0 Å². The van der Waals surface area contributed by atoms with Crippen LogP contribution in [0.1, 0.15) is 60.8 Å². The van der Waals surface area contributed by atoms with E-state index in [0.29, 0.717) is 49.3 Å². The summed E-state index contributed by atoms with van der Waals surface area (Å²) < 4.78 is 28.3. The molecule has 0 radical (unpaired) electrons. The maximum atomic E-state index is 13.1. The first-order chi connectivity index (χ1) is 27.6. The Kier molecular flexibility index (Phi) is 16.3. The third-order valence-corrected chi connectivity index (χ3v) is 9.90. The molecule has 16 nitrogen and oxygen atoms in total. The van der Waals surface area contributed by atoms with Gasteiger partial charge in [-0.05, 0) is 94.0 Å². The van der Waals surface area contributed by atoms with Gasteiger partial charge in [0, 0.05) is 54.3 Å². The van der Waals surface area contributed by atoms with Crippen molar-refractivity contribution in [3.05, 3.63) is 90.6 Å². The van der Waals surface area contributed by atoms with Gasteiger partial charge in [0.05, 0.1) is 61.7 Å². The summed E-state index contributed by atoms with van der Waals surface area (Å²) >= 11 is 0. The largest absolute Gasteiger partial charge is 0.487 e. The van der Waals surface area contributed by atoms with E-state index < -0.39 is 36.4 Å². The summed E-state index contributed by atoms with van der Waals surface area (Å²) in [6, 6.07) is 1.50. The first kappa shape index (κ1) is 44.9. The summed E-state index contributed by atoms with van der Waals surface area (Å²) in [5.74, 6) is -3.46. The summed E-state index contributed by atoms with van der Waals surface area (Å²) in [5.41, 5.74) is 8.25. The number of benzene rings is 1. The lowest BCUT2D eigenvalue weighted by Gasteiger charge is -2.19. The SMILES string of the molecule is COCCOCCOCCOc1cc2c(cc1OC(C)C(=O)NC(CC(=O)O)C(=O)O)=NC=CC(C)=C(C)C(=N)Cc1[nH]c(c(C)c1C)C=c1[nH]c(c(C)c1C)=CN=2. The average Bonchev–Trinajstić information content (AvgIpc) is 3.60. The molecule has 16 heteroatoms. The van der Waals surface area contributed by atoms with Crippen LogP contribution in [-0.4, -0.2) is 103 Å². The molecule has 0 saturated carbocycles. The number of carbonyl (C=O) groups excluding carboxylic acids is 1. The maximum Gasteiger partial charge on any atom is 0.326 e. The molecular formula is C42H54N6O10. The van der Waals surface area contributed by atoms with Crippen LogP contribution < -0.4 is 36.2 Å². The summed E-state index contributed by atoms with van der Waals surface area (Å²) in [7, 11) is 1.59. The van der Waals surface area contributed by atoms with Crippen LogP contribution in [0.2, 0.25) is 0 Å². The molecule has 0 saturated heterocycles. The normalized spacial score (nSPS) is 14.1. The molecule has 2 aromatic heterocycles. The van der Waals surface area contributed by atoms with E-state index in [1.54, 1.807) is 37.7 Å². The lowest BCUT2D eigenvalue weighted by Crippen LogP contribution is -2.47. The molecule has 6 N–H and O–H groups in total. The predicted octanol–water partition coefficient (Wildman–Crippen LogP) is 2.38. The zero-order valence-electron chi connectivity index (χ0n) is 34.3. The highest BCUT2D eigenvalue weighted by atomic mass is 16.6. The number of hydrogen-bond donors (Lipinski definition) is 6. The summed E-state index contributed by atoms with van der Waals surface area (Å²) in [4.78, 5) is 52.6. The highest BCUT2D eigenvalue weighted by Crippen LogP contribution is 2.25. The highest BCUT2D eigenvalue weighted by Gasteiger charge is 2.27. The van der Waals surface area contributed by atoms with Crippen molar-refractivity contribution in [2.24, 2.45) is 9.98 Å². The van der Waals surface area contributed by atoms with Gasteiger partial charge in [0.15, 0.2) is 17.6 Å². The number of nitrogens with one attached hydrogen (secondary N) is 4. The fraction of sp³-hybridized carbons (Fsp3) is 0.429. The van der Waals surface area contributed by atoms with Crippen molar-refractivity contribution in [2.45, 2.75) is 73.5 Å². The van der Waals surface area contributed by atoms with Gasteiger partial charge in [0.2, 0.25) is 0 Å². The van der Waals surface area contributed by atoms with Crippen molar-refractivity contribution in [1.82, 2.24) is 15.3 Å². The number of H-pyrrole nitrogens is 2. The molecule has 4 rings (SSSR count). The van der Waals surface area contributed by atoms with E-state index in [1.165, 1.54) is 6.92 Å². The topological polar surface area (TPSA) is 230 Å². The van der Waals surface area contributed by atoms with Crippen molar-refractivity contribution in [3.8, 4) is 11.5 Å². The Hall–Kier alpha value is -5.84. The van der Waals surface area contributed by atoms with Gasteiger partial charge in [-0.25, -0.2) is 4.79 Å². The van der Waals surface area contributed by atoms with Gasteiger partial charge in [0.25, 0.3) is 5.91 Å². The molecule has 58 heavy (non-hydrogen) atoms. The number of aromatic nitrogens is 2. The third kappa shape index (κ3) is 12.1. The number of rotatable bonds is 17. The second-order valence-electron chi connectivity index (χ2n) is 13.9. The Balaban J connectivity index is 1.84. The number of hydrogen-bond acceptors (Lipinski definition) is 11. The number of amides is 1. The van der Waals surface area contributed by atoms with E-state index in [-0.39, 0.29) is 24.7 Å². The van der Waals surface area contributed by atoms with E-state index >= 15 is 0 Å². The quantitative estimate of drug-likeness (QED) is 0.109. The zero-order valence-corrected chi connectivity index (χ0v) is 34.3. The molecule has 1 amide bonds. The zero-order chi connectivity index (χ0) is 42.5. The molecule has 1 aliphatic rings. The predicted molar refractivity (Wildman–Crippen MR) is 216 cm³/mol. The Morgan fingerprint density at radius 2 is 1.48 bits per heavy atom. The van der Waals surface area contributed by atoms with Crippen LogP contribution >= 0.6 is 0 Å². The van der Waals surface area contributed by atoms with Crippen molar-refractivity contribution in [2.75, 3.05) is 46.8 Å². The van der Waals surface area contributed by atoms with Gasteiger partial charge in [-0.2, -0.15) is 0 Å². The van der Waals surface area contributed by atoms with Crippen LogP contribution in [0.5, 0.6) is 11.5 Å². The van der Waals surface area contributed by atoms with Gasteiger partial charge >= 0.3 is 11.9 Å². The Morgan fingerprint density at radius 3 is 2.16 bits per heavy atom. The first-order valence-electron chi connectivity index (χ1n) is 18.9. The number of fused-ring (bicyclic) bond motifs is 5. The molecule has 2 unspecified atom stereocenters. The van der Waals surface area contributed by atoms with Gasteiger partial charge in [-0.1, -0.05) is 0 Å². The Morgan fingerprint density at radius 1 is 0.845 bits per heavy atom. The van der Waals surface area contributed by atoms with E-state index in [1.807, 2.05) is 27.7 Å². The van der Waals surface area contributed by atoms with Crippen molar-refractivity contribution in [1.29, 1.82) is 5.41 Å². The minimum atomic E-state index is -1.67. The number of allylic oxidation sites excluding steroid dienone is 3. The molecule has 0 spiro atoms. The van der Waals surface area contributed by atoms with Crippen LogP contribution in [0.15, 0.2) is 45.5 Å². The van der Waals surface area contributed by atoms with Crippen molar-refractivity contribution in [3.63, 3.8) is 0 Å². The van der Waals surface area contributed by atoms with E-state index in [0.717, 1.165) is 55.5 Å². The van der Waals surface area contributed by atoms with Crippen LogP contribution in [0.4, 0.5) is 0 Å². The minimum absolute atomic E-state index is 0.0803. The Bertz CT molecular complexity index is 2320. The van der Waals surface area contributed by atoms with Gasteiger partial charge in [-0.3, -0.25) is 19.6 Å². The number of nitrogens with zero attached hydrogens (tertiary/aromatic N) is 2. The monoisotopic (exact) mass is 802 g/mol. The molecule has 4 bridgehead atoms. The minimum Gasteiger partial charge on any atom is -0.487 e. The van der Waals surface area contributed by atoms with Crippen LogP contribution in [0, 0.1) is 33.1 Å². The molecule has 3 heterocycles. The lowest BCUT2D eigenvalue weighted by molar-refractivity contribution is -0.147. The molecule has 1 aromatic carbocycles. The van der Waals surface area contributed by atoms with E-state index in [4.69, 9.17) is 44.2 Å². The number of carboxylic acids is 2. The molecular weight excluding hydrogens is 748 g/mol. The lowest BCUT2D eigenvalue weighted by atomic mass is 10.0. The molecule has 0 aliphatic carbocycles. The van der Waals surface area contributed by atoms with Crippen molar-refractivity contribution < 1.29 is 48.3 Å². The number of aromatic amines is 2. The number of methoxy groups -OCH3 is 1. The summed E-state index contributed by atoms with van der Waals surface area (Å²) in [5, 5.41) is 32.2. The molecule has 0 fully saturated rings. The third-order valence-electron chi connectivity index (χ3n) is 9.90. The fourth-order valence-electron chi connectivity index (χ4n) is 5.82. The molecule has 312 valence electrons. The Labute approximate surface area is 336 Å². The molecule has 1 aliphatic heterocycles. The smallest absolute Gasteiger partial charge is 0.326 e.